The van der Waals surface area contributed by atoms with Crippen molar-refractivity contribution in [2.75, 3.05) is 6.61 Å². The zero-order valence-electron chi connectivity index (χ0n) is 15.0. The number of nitrogens with zero attached hydrogens (tertiary/aromatic N) is 1. The number of rotatable bonds is 6. The van der Waals surface area contributed by atoms with E-state index in [1.807, 2.05) is 60.7 Å². The Morgan fingerprint density at radius 3 is 2.50 bits per heavy atom. The topological polar surface area (TPSA) is 50.7 Å². The number of amides is 1. The summed E-state index contributed by atoms with van der Waals surface area (Å²) in [5, 5.41) is 6.30. The van der Waals surface area contributed by atoms with Crippen molar-refractivity contribution in [3.05, 3.63) is 77.9 Å². The van der Waals surface area contributed by atoms with Crippen LogP contribution in [0.15, 0.2) is 71.8 Å². The lowest BCUT2D eigenvalue weighted by Gasteiger charge is -2.08. The van der Waals surface area contributed by atoms with Gasteiger partial charge in [-0.15, -0.1) is 0 Å². The predicted molar refractivity (Wildman–Crippen MR) is 106 cm³/mol. The molecule has 4 nitrogen and oxygen atoms in total. The van der Waals surface area contributed by atoms with Gasteiger partial charge in [0.2, 0.25) is 0 Å². The Morgan fingerprint density at radius 1 is 1.04 bits per heavy atom. The molecule has 0 fully saturated rings. The molecule has 1 amide bonds. The number of nitrogens with one attached hydrogen (secondary N) is 1. The van der Waals surface area contributed by atoms with Crippen LogP contribution in [0.4, 0.5) is 0 Å². The third kappa shape index (κ3) is 4.70. The normalized spacial score (nSPS) is 11.2. The molecule has 3 aromatic rings. The Labute approximate surface area is 153 Å². The zero-order chi connectivity index (χ0) is 18.4. The molecule has 0 heterocycles. The highest BCUT2D eigenvalue weighted by Crippen LogP contribution is 2.18. The lowest BCUT2D eigenvalue weighted by Crippen LogP contribution is -2.24. The fourth-order valence-corrected chi connectivity index (χ4v) is 2.60. The molecule has 4 heteroatoms. The highest BCUT2D eigenvalue weighted by molar-refractivity contribution is 5.90. The van der Waals surface area contributed by atoms with Crippen molar-refractivity contribution in [3.63, 3.8) is 0 Å². The third-order valence-electron chi connectivity index (χ3n) is 4.09. The van der Waals surface area contributed by atoms with Gasteiger partial charge in [-0.05, 0) is 46.0 Å². The Hall–Kier alpha value is -3.14. The molecule has 0 atom stereocenters. The van der Waals surface area contributed by atoms with E-state index in [2.05, 4.69) is 30.4 Å². The first-order valence-corrected chi connectivity index (χ1v) is 8.65. The van der Waals surface area contributed by atoms with Crippen LogP contribution in [-0.4, -0.2) is 18.7 Å². The number of carbonyl (C=O) groups is 1. The minimum Gasteiger partial charge on any atom is -0.484 e. The molecular formula is C22H22N2O2. The van der Waals surface area contributed by atoms with Crippen LogP contribution >= 0.6 is 0 Å². The smallest absolute Gasteiger partial charge is 0.277 e. The molecule has 0 saturated carbocycles. The average molecular weight is 346 g/mol. The molecule has 0 aromatic heterocycles. The first-order valence-electron chi connectivity index (χ1n) is 8.65. The molecule has 3 rings (SSSR count). The summed E-state index contributed by atoms with van der Waals surface area (Å²) in [6.07, 6.45) is 1.63. The van der Waals surface area contributed by atoms with E-state index in [-0.39, 0.29) is 12.5 Å². The molecule has 1 N–H and O–H groups in total. The molecule has 3 aromatic carbocycles. The monoisotopic (exact) mass is 346 g/mol. The zero-order valence-corrected chi connectivity index (χ0v) is 15.0. The quantitative estimate of drug-likeness (QED) is 0.528. The molecular weight excluding hydrogens is 324 g/mol. The SMILES string of the molecule is CC(C)c1ccc(OCC(=O)NN=Cc2ccc3ccccc3c2)cc1. The predicted octanol–water partition coefficient (Wildman–Crippen LogP) is 4.49. The summed E-state index contributed by atoms with van der Waals surface area (Å²) in [7, 11) is 0. The number of hydrogen-bond acceptors (Lipinski definition) is 3. The Bertz CT molecular complexity index is 915. The number of benzene rings is 3. The minimum absolute atomic E-state index is 0.0733. The third-order valence-corrected chi connectivity index (χ3v) is 4.09. The molecule has 132 valence electrons. The lowest BCUT2D eigenvalue weighted by atomic mass is 10.0. The molecule has 0 bridgehead atoms. The van der Waals surface area contributed by atoms with Crippen molar-refractivity contribution in [1.82, 2.24) is 5.43 Å². The summed E-state index contributed by atoms with van der Waals surface area (Å²) >= 11 is 0. The van der Waals surface area contributed by atoms with Gasteiger partial charge in [-0.25, -0.2) is 5.43 Å². The largest absolute Gasteiger partial charge is 0.484 e. The first-order chi connectivity index (χ1) is 12.6. The Balaban J connectivity index is 1.50. The van der Waals surface area contributed by atoms with Crippen LogP contribution in [0.25, 0.3) is 10.8 Å². The first kappa shape index (κ1) is 17.7. The standard InChI is InChI=1S/C22H22N2O2/c1-16(2)18-9-11-21(12-10-18)26-15-22(25)24-23-14-17-7-8-19-5-3-4-6-20(19)13-17/h3-14,16H,15H2,1-2H3,(H,24,25). The second kappa shape index (κ2) is 8.30. The Kier molecular flexibility index (Phi) is 5.64. The molecule has 0 aliphatic heterocycles. The van der Waals surface area contributed by atoms with E-state index in [0.717, 1.165) is 10.9 Å². The van der Waals surface area contributed by atoms with Gasteiger partial charge in [0, 0.05) is 0 Å². The number of fused-ring (bicyclic) bond motifs is 1. The number of hydrazone groups is 1. The minimum atomic E-state index is -0.296. The van der Waals surface area contributed by atoms with E-state index >= 15 is 0 Å². The van der Waals surface area contributed by atoms with E-state index in [9.17, 15) is 4.79 Å². The number of hydrogen-bond donors (Lipinski definition) is 1. The van der Waals surface area contributed by atoms with Gasteiger partial charge in [0.25, 0.3) is 5.91 Å². The summed E-state index contributed by atoms with van der Waals surface area (Å²) in [5.41, 5.74) is 4.65. The summed E-state index contributed by atoms with van der Waals surface area (Å²) in [6, 6.07) is 21.9. The van der Waals surface area contributed by atoms with Crippen LogP contribution in [0.2, 0.25) is 0 Å². The fraction of sp³-hybridized carbons (Fsp3) is 0.182. The second-order valence-electron chi connectivity index (χ2n) is 6.41. The lowest BCUT2D eigenvalue weighted by molar-refractivity contribution is -0.123. The van der Waals surface area contributed by atoms with Crippen LogP contribution in [0, 0.1) is 0 Å². The molecule has 0 radical (unpaired) electrons. The van der Waals surface area contributed by atoms with E-state index in [4.69, 9.17) is 4.74 Å². The molecule has 0 unspecified atom stereocenters. The summed E-state index contributed by atoms with van der Waals surface area (Å²) in [5.74, 6) is 0.842. The van der Waals surface area contributed by atoms with Crippen LogP contribution in [0.3, 0.4) is 0 Å². The van der Waals surface area contributed by atoms with Gasteiger partial charge in [-0.2, -0.15) is 5.10 Å². The molecule has 0 aliphatic carbocycles. The molecule has 0 aliphatic rings. The molecule has 0 saturated heterocycles. The van der Waals surface area contributed by atoms with E-state index in [1.165, 1.54) is 10.9 Å². The summed E-state index contributed by atoms with van der Waals surface area (Å²) in [6.45, 7) is 4.20. The maximum atomic E-state index is 11.8. The van der Waals surface area contributed by atoms with Gasteiger partial charge in [-0.1, -0.05) is 62.4 Å². The average Bonchev–Trinajstić information content (AvgIpc) is 2.66. The molecule has 0 spiro atoms. The van der Waals surface area contributed by atoms with Crippen molar-refractivity contribution < 1.29 is 9.53 Å². The Morgan fingerprint density at radius 2 is 1.77 bits per heavy atom. The van der Waals surface area contributed by atoms with E-state index in [0.29, 0.717) is 11.7 Å². The van der Waals surface area contributed by atoms with Crippen molar-refractivity contribution >= 4 is 22.9 Å². The van der Waals surface area contributed by atoms with Crippen LogP contribution < -0.4 is 10.2 Å². The van der Waals surface area contributed by atoms with Crippen molar-refractivity contribution in [1.29, 1.82) is 0 Å². The molecule has 26 heavy (non-hydrogen) atoms. The van der Waals surface area contributed by atoms with Gasteiger partial charge in [-0.3, -0.25) is 4.79 Å². The highest BCUT2D eigenvalue weighted by Gasteiger charge is 2.03. The maximum absolute atomic E-state index is 11.8. The highest BCUT2D eigenvalue weighted by atomic mass is 16.5. The van der Waals surface area contributed by atoms with Gasteiger partial charge < -0.3 is 4.74 Å². The fourth-order valence-electron chi connectivity index (χ4n) is 2.60. The van der Waals surface area contributed by atoms with Crippen molar-refractivity contribution in [2.24, 2.45) is 5.10 Å². The van der Waals surface area contributed by atoms with Gasteiger partial charge in [0.05, 0.1) is 6.21 Å². The summed E-state index contributed by atoms with van der Waals surface area (Å²) in [4.78, 5) is 11.8. The van der Waals surface area contributed by atoms with Crippen molar-refractivity contribution in [3.8, 4) is 5.75 Å². The van der Waals surface area contributed by atoms with Crippen LogP contribution in [0.5, 0.6) is 5.75 Å². The van der Waals surface area contributed by atoms with Gasteiger partial charge in [0.15, 0.2) is 6.61 Å². The number of ether oxygens (including phenoxy) is 1. The van der Waals surface area contributed by atoms with Gasteiger partial charge >= 0.3 is 0 Å². The maximum Gasteiger partial charge on any atom is 0.277 e. The van der Waals surface area contributed by atoms with E-state index < -0.39 is 0 Å². The van der Waals surface area contributed by atoms with E-state index in [1.54, 1.807) is 6.21 Å². The van der Waals surface area contributed by atoms with Crippen molar-refractivity contribution in [2.45, 2.75) is 19.8 Å². The summed E-state index contributed by atoms with van der Waals surface area (Å²) < 4.78 is 5.48. The van der Waals surface area contributed by atoms with Crippen LogP contribution in [0.1, 0.15) is 30.9 Å². The van der Waals surface area contributed by atoms with Crippen LogP contribution in [-0.2, 0) is 4.79 Å². The second-order valence-corrected chi connectivity index (χ2v) is 6.41. The van der Waals surface area contributed by atoms with Gasteiger partial charge in [0.1, 0.15) is 5.75 Å². The number of carbonyl (C=O) groups excluding carboxylic acids is 1.